The molecule has 2 saturated carbocycles. The van der Waals surface area contributed by atoms with Crippen LogP contribution in [0.4, 0.5) is 0 Å². The van der Waals surface area contributed by atoms with Gasteiger partial charge in [-0.25, -0.2) is 8.42 Å². The van der Waals surface area contributed by atoms with Crippen molar-refractivity contribution >= 4 is 9.84 Å². The molecule has 2 unspecified atom stereocenters. The average molecular weight is 303 g/mol. The Morgan fingerprint density at radius 2 is 1.85 bits per heavy atom. The molecule has 0 aromatic carbocycles. The monoisotopic (exact) mass is 303 g/mol. The van der Waals surface area contributed by atoms with Gasteiger partial charge in [0, 0.05) is 18.8 Å². The van der Waals surface area contributed by atoms with Gasteiger partial charge in [0.05, 0.1) is 10.9 Å². The second kappa shape index (κ2) is 6.32. The summed E-state index contributed by atoms with van der Waals surface area (Å²) in [5.41, 5.74) is -0.579. The number of sulfone groups is 1. The molecule has 0 spiro atoms. The lowest BCUT2D eigenvalue weighted by Crippen LogP contribution is -2.48. The van der Waals surface area contributed by atoms with Crippen LogP contribution in [0.25, 0.3) is 0 Å². The summed E-state index contributed by atoms with van der Waals surface area (Å²) in [6.45, 7) is 2.85. The lowest BCUT2D eigenvalue weighted by Gasteiger charge is -2.37. The summed E-state index contributed by atoms with van der Waals surface area (Å²) >= 11 is 0. The molecule has 0 amide bonds. The molecule has 0 bridgehead atoms. The van der Waals surface area contributed by atoms with E-state index in [1.807, 2.05) is 0 Å². The van der Waals surface area contributed by atoms with Gasteiger partial charge in [0.2, 0.25) is 0 Å². The van der Waals surface area contributed by atoms with Crippen LogP contribution in [0.1, 0.15) is 58.3 Å². The van der Waals surface area contributed by atoms with E-state index < -0.39 is 15.4 Å². The summed E-state index contributed by atoms with van der Waals surface area (Å²) in [6.07, 6.45) is 8.74. The van der Waals surface area contributed by atoms with Gasteiger partial charge in [0.1, 0.15) is 9.84 Å². The van der Waals surface area contributed by atoms with Crippen LogP contribution in [0.5, 0.6) is 0 Å². The molecule has 2 aliphatic rings. The maximum Gasteiger partial charge on any atom is 0.150 e. The van der Waals surface area contributed by atoms with Crippen molar-refractivity contribution < 1.29 is 13.5 Å². The molecule has 118 valence electrons. The standard InChI is InChI=1S/C15H29NO3S/c1-12-6-8-15(17,9-7-12)11-16-13-4-3-5-14(10-13)20(2,18)19/h12-14,16-17H,3-11H2,1-2H3. The topological polar surface area (TPSA) is 66.4 Å². The number of hydrogen-bond acceptors (Lipinski definition) is 4. The highest BCUT2D eigenvalue weighted by molar-refractivity contribution is 7.91. The molecule has 2 fully saturated rings. The molecule has 2 N–H and O–H groups in total. The molecule has 2 rings (SSSR count). The quantitative estimate of drug-likeness (QED) is 0.832. The van der Waals surface area contributed by atoms with Crippen LogP contribution in [-0.4, -0.2) is 43.2 Å². The largest absolute Gasteiger partial charge is 0.389 e. The molecule has 2 atom stereocenters. The van der Waals surface area contributed by atoms with Crippen LogP contribution >= 0.6 is 0 Å². The number of aliphatic hydroxyl groups is 1. The molecule has 0 radical (unpaired) electrons. The fourth-order valence-corrected chi connectivity index (χ4v) is 4.71. The Labute approximate surface area is 123 Å². The van der Waals surface area contributed by atoms with Crippen molar-refractivity contribution in [3.8, 4) is 0 Å². The summed E-state index contributed by atoms with van der Waals surface area (Å²) in [7, 11) is -2.93. The number of nitrogens with one attached hydrogen (secondary N) is 1. The van der Waals surface area contributed by atoms with Gasteiger partial charge < -0.3 is 10.4 Å². The zero-order chi connectivity index (χ0) is 14.8. The minimum atomic E-state index is -2.93. The van der Waals surface area contributed by atoms with Gasteiger partial charge in [-0.15, -0.1) is 0 Å². The van der Waals surface area contributed by atoms with Crippen LogP contribution in [0.3, 0.4) is 0 Å². The number of rotatable bonds is 4. The van der Waals surface area contributed by atoms with E-state index in [-0.39, 0.29) is 11.3 Å². The third kappa shape index (κ3) is 4.43. The molecule has 0 aromatic heterocycles. The second-order valence-electron chi connectivity index (χ2n) is 7.10. The highest BCUT2D eigenvalue weighted by Crippen LogP contribution is 2.32. The van der Waals surface area contributed by atoms with Crippen molar-refractivity contribution in [2.24, 2.45) is 5.92 Å². The van der Waals surface area contributed by atoms with Crippen LogP contribution in [0.2, 0.25) is 0 Å². The van der Waals surface area contributed by atoms with Gasteiger partial charge in [0.15, 0.2) is 0 Å². The van der Waals surface area contributed by atoms with Gasteiger partial charge in [0.25, 0.3) is 0 Å². The number of hydrogen-bond donors (Lipinski definition) is 2. The van der Waals surface area contributed by atoms with Crippen molar-refractivity contribution in [3.63, 3.8) is 0 Å². The molecule has 0 aliphatic heterocycles. The summed E-state index contributed by atoms with van der Waals surface area (Å²) in [6, 6.07) is 0.242. The van der Waals surface area contributed by atoms with E-state index >= 15 is 0 Å². The third-order valence-electron chi connectivity index (χ3n) is 5.16. The highest BCUT2D eigenvalue weighted by Gasteiger charge is 2.34. The molecular formula is C15H29NO3S. The first kappa shape index (κ1) is 16.2. The van der Waals surface area contributed by atoms with Crippen LogP contribution < -0.4 is 5.32 Å². The predicted octanol–water partition coefficient (Wildman–Crippen LogP) is 1.87. The SMILES string of the molecule is CC1CCC(O)(CNC2CCCC(S(C)(=O)=O)C2)CC1. The van der Waals surface area contributed by atoms with Gasteiger partial charge in [-0.05, 0) is 50.9 Å². The third-order valence-corrected chi connectivity index (χ3v) is 6.80. The highest BCUT2D eigenvalue weighted by atomic mass is 32.2. The lowest BCUT2D eigenvalue weighted by molar-refractivity contribution is -0.00894. The summed E-state index contributed by atoms with van der Waals surface area (Å²) in [4.78, 5) is 0. The molecule has 0 heterocycles. The van der Waals surface area contributed by atoms with Gasteiger partial charge in [-0.2, -0.15) is 0 Å². The molecule has 4 nitrogen and oxygen atoms in total. The minimum Gasteiger partial charge on any atom is -0.389 e. The Hall–Kier alpha value is -0.130. The van der Waals surface area contributed by atoms with Gasteiger partial charge >= 0.3 is 0 Å². The van der Waals surface area contributed by atoms with E-state index in [0.717, 1.165) is 50.9 Å². The summed E-state index contributed by atoms with van der Waals surface area (Å²) < 4.78 is 23.3. The van der Waals surface area contributed by atoms with Gasteiger partial charge in [-0.1, -0.05) is 13.3 Å². The van der Waals surface area contributed by atoms with E-state index in [1.165, 1.54) is 6.26 Å². The lowest BCUT2D eigenvalue weighted by atomic mass is 9.79. The maximum atomic E-state index is 11.7. The Balaban J connectivity index is 1.82. The molecule has 0 aromatic rings. The fraction of sp³-hybridized carbons (Fsp3) is 1.00. The van der Waals surface area contributed by atoms with E-state index in [0.29, 0.717) is 13.0 Å². The van der Waals surface area contributed by atoms with E-state index in [9.17, 15) is 13.5 Å². The van der Waals surface area contributed by atoms with Crippen molar-refractivity contribution in [1.82, 2.24) is 5.32 Å². The summed E-state index contributed by atoms with van der Waals surface area (Å²) in [5, 5.41) is 13.8. The minimum absolute atomic E-state index is 0.199. The molecule has 0 saturated heterocycles. The molecular weight excluding hydrogens is 274 g/mol. The zero-order valence-corrected chi connectivity index (χ0v) is 13.6. The molecule has 5 heteroatoms. The van der Waals surface area contributed by atoms with Crippen molar-refractivity contribution in [2.75, 3.05) is 12.8 Å². The van der Waals surface area contributed by atoms with Crippen molar-refractivity contribution in [3.05, 3.63) is 0 Å². The normalized spacial score (nSPS) is 39.6. The Morgan fingerprint density at radius 1 is 1.20 bits per heavy atom. The molecule has 2 aliphatic carbocycles. The fourth-order valence-electron chi connectivity index (χ4n) is 3.53. The summed E-state index contributed by atoms with van der Waals surface area (Å²) in [5.74, 6) is 0.722. The average Bonchev–Trinajstić information content (AvgIpc) is 2.40. The van der Waals surface area contributed by atoms with E-state index in [2.05, 4.69) is 12.2 Å². The Morgan fingerprint density at radius 3 is 2.45 bits per heavy atom. The maximum absolute atomic E-state index is 11.7. The first-order valence-corrected chi connectivity index (χ1v) is 9.89. The van der Waals surface area contributed by atoms with Crippen molar-refractivity contribution in [1.29, 1.82) is 0 Å². The second-order valence-corrected chi connectivity index (χ2v) is 9.43. The first-order chi connectivity index (χ1) is 9.28. The van der Waals surface area contributed by atoms with E-state index in [1.54, 1.807) is 0 Å². The van der Waals surface area contributed by atoms with Crippen LogP contribution in [0, 0.1) is 5.92 Å². The van der Waals surface area contributed by atoms with Crippen molar-refractivity contribution in [2.45, 2.75) is 75.2 Å². The zero-order valence-electron chi connectivity index (χ0n) is 12.8. The van der Waals surface area contributed by atoms with Crippen LogP contribution in [-0.2, 0) is 9.84 Å². The van der Waals surface area contributed by atoms with Crippen LogP contribution in [0.15, 0.2) is 0 Å². The Bertz CT molecular complexity index is 413. The first-order valence-electron chi connectivity index (χ1n) is 7.93. The van der Waals surface area contributed by atoms with E-state index in [4.69, 9.17) is 0 Å². The molecule has 20 heavy (non-hydrogen) atoms. The Kier molecular flexibility index (Phi) is 5.14. The smallest absolute Gasteiger partial charge is 0.150 e. The predicted molar refractivity (Wildman–Crippen MR) is 81.5 cm³/mol. The van der Waals surface area contributed by atoms with Gasteiger partial charge in [-0.3, -0.25) is 0 Å².